The monoisotopic (exact) mass is 567 g/mol. The van der Waals surface area contributed by atoms with Crippen molar-refractivity contribution in [1.82, 2.24) is 24.5 Å². The first-order valence-corrected chi connectivity index (χ1v) is 15.9. The molecule has 1 atom stereocenters. The molecule has 216 valence electrons. The summed E-state index contributed by atoms with van der Waals surface area (Å²) >= 11 is 0. The van der Waals surface area contributed by atoms with Crippen LogP contribution in [0.4, 0.5) is 0 Å². The van der Waals surface area contributed by atoms with E-state index in [4.69, 9.17) is 0 Å². The van der Waals surface area contributed by atoms with Crippen LogP contribution >= 0.6 is 0 Å². The van der Waals surface area contributed by atoms with E-state index in [1.807, 2.05) is 51.1 Å². The van der Waals surface area contributed by atoms with E-state index >= 15 is 0 Å². The lowest BCUT2D eigenvalue weighted by Gasteiger charge is -2.37. The number of benzene rings is 1. The zero-order chi connectivity index (χ0) is 28.6. The number of fused-ring (bicyclic) bond motifs is 1. The van der Waals surface area contributed by atoms with E-state index in [-0.39, 0.29) is 29.3 Å². The van der Waals surface area contributed by atoms with Crippen LogP contribution in [0.3, 0.4) is 0 Å². The average molecular weight is 568 g/mol. The van der Waals surface area contributed by atoms with Gasteiger partial charge in [0.25, 0.3) is 11.5 Å². The van der Waals surface area contributed by atoms with E-state index in [0.717, 1.165) is 53.8 Å². The number of amides is 1. The number of carbonyl (C=O) groups excluding carboxylic acids is 1. The number of aromatic nitrogens is 2. The van der Waals surface area contributed by atoms with Gasteiger partial charge in [0.2, 0.25) is 10.0 Å². The predicted octanol–water partition coefficient (Wildman–Crippen LogP) is 3.54. The van der Waals surface area contributed by atoms with E-state index in [2.05, 4.69) is 27.1 Å². The standard InChI is InChI=1S/C30H41N5O4S/c1-19-17-20(2)33-29(36)26(19)18-32-30(37)28-22(4)35(27-8-6-5-7-25(27)28)21(3)23-11-15-34(16-12-23)40(38,39)24-9-13-31-14-10-24/h5-8,17,21,23-24,31H,9-16,18H2,1-4H3,(H,32,37)(H,33,36). The van der Waals surface area contributed by atoms with Gasteiger partial charge in [-0.3, -0.25) is 9.59 Å². The Labute approximate surface area is 236 Å². The first kappa shape index (κ1) is 28.6. The quantitative estimate of drug-likeness (QED) is 0.404. The van der Waals surface area contributed by atoms with Gasteiger partial charge in [0.1, 0.15) is 0 Å². The van der Waals surface area contributed by atoms with Gasteiger partial charge in [-0.15, -0.1) is 0 Å². The van der Waals surface area contributed by atoms with Crippen LogP contribution in [0.1, 0.15) is 71.5 Å². The minimum absolute atomic E-state index is 0.0948. The maximum Gasteiger partial charge on any atom is 0.254 e. The molecule has 0 spiro atoms. The molecule has 2 fully saturated rings. The normalized spacial score (nSPS) is 18.7. The second-order valence-electron chi connectivity index (χ2n) is 11.4. The Kier molecular flexibility index (Phi) is 8.22. The molecule has 0 bridgehead atoms. The highest BCUT2D eigenvalue weighted by Crippen LogP contribution is 2.36. The summed E-state index contributed by atoms with van der Waals surface area (Å²) in [5.74, 6) is 0.0839. The van der Waals surface area contributed by atoms with Crippen molar-refractivity contribution in [3.63, 3.8) is 0 Å². The number of hydrogen-bond acceptors (Lipinski definition) is 5. The topological polar surface area (TPSA) is 116 Å². The number of hydrogen-bond donors (Lipinski definition) is 3. The molecule has 2 aliphatic rings. The zero-order valence-corrected chi connectivity index (χ0v) is 24.7. The molecule has 0 aliphatic carbocycles. The Morgan fingerprint density at radius 3 is 2.42 bits per heavy atom. The third-order valence-corrected chi connectivity index (χ3v) is 11.4. The molecule has 2 saturated heterocycles. The molecule has 5 rings (SSSR count). The van der Waals surface area contributed by atoms with Crippen molar-refractivity contribution in [3.8, 4) is 0 Å². The third kappa shape index (κ3) is 5.36. The largest absolute Gasteiger partial charge is 0.348 e. The molecular weight excluding hydrogens is 526 g/mol. The predicted molar refractivity (Wildman–Crippen MR) is 158 cm³/mol. The minimum atomic E-state index is -3.28. The molecule has 1 aromatic carbocycles. The summed E-state index contributed by atoms with van der Waals surface area (Å²) in [4.78, 5) is 28.8. The third-order valence-electron chi connectivity index (χ3n) is 8.96. The maximum absolute atomic E-state index is 13.5. The summed E-state index contributed by atoms with van der Waals surface area (Å²) in [6.45, 7) is 10.6. The highest BCUT2D eigenvalue weighted by Gasteiger charge is 2.37. The molecule has 4 heterocycles. The van der Waals surface area contributed by atoms with Crippen LogP contribution in [0.5, 0.6) is 0 Å². The lowest BCUT2D eigenvalue weighted by atomic mass is 9.91. The van der Waals surface area contributed by atoms with Crippen molar-refractivity contribution in [2.45, 2.75) is 71.2 Å². The van der Waals surface area contributed by atoms with Crippen LogP contribution in [-0.4, -0.2) is 59.6 Å². The molecule has 10 heteroatoms. The van der Waals surface area contributed by atoms with Crippen LogP contribution in [0.15, 0.2) is 35.1 Å². The summed E-state index contributed by atoms with van der Waals surface area (Å²) in [5.41, 5.74) is 4.51. The minimum Gasteiger partial charge on any atom is -0.348 e. The smallest absolute Gasteiger partial charge is 0.254 e. The molecule has 3 aromatic rings. The molecule has 2 aromatic heterocycles. The number of pyridine rings is 1. The van der Waals surface area contributed by atoms with Crippen molar-refractivity contribution in [3.05, 3.63) is 68.8 Å². The number of H-pyrrole nitrogens is 1. The Balaban J connectivity index is 1.35. The molecule has 40 heavy (non-hydrogen) atoms. The second kappa shape index (κ2) is 11.5. The molecule has 2 aliphatic heterocycles. The van der Waals surface area contributed by atoms with Gasteiger partial charge in [0.05, 0.1) is 10.8 Å². The molecule has 9 nitrogen and oxygen atoms in total. The van der Waals surface area contributed by atoms with E-state index in [1.165, 1.54) is 0 Å². The van der Waals surface area contributed by atoms with Gasteiger partial charge in [-0.1, -0.05) is 18.2 Å². The Morgan fingerprint density at radius 2 is 1.75 bits per heavy atom. The lowest BCUT2D eigenvalue weighted by molar-refractivity contribution is 0.0951. The first-order chi connectivity index (χ1) is 19.1. The second-order valence-corrected chi connectivity index (χ2v) is 13.7. The number of nitrogens with zero attached hydrogens (tertiary/aromatic N) is 2. The highest BCUT2D eigenvalue weighted by molar-refractivity contribution is 7.89. The van der Waals surface area contributed by atoms with Crippen LogP contribution in [-0.2, 0) is 16.6 Å². The molecular formula is C30H41N5O4S. The van der Waals surface area contributed by atoms with Crippen molar-refractivity contribution in [2.24, 2.45) is 5.92 Å². The number of sulfonamides is 1. The summed E-state index contributed by atoms with van der Waals surface area (Å²) in [6, 6.07) is 9.94. The molecule has 3 N–H and O–H groups in total. The number of carbonyl (C=O) groups is 1. The van der Waals surface area contributed by atoms with Crippen LogP contribution in [0.2, 0.25) is 0 Å². The number of piperidine rings is 2. The van der Waals surface area contributed by atoms with Crippen molar-refractivity contribution in [1.29, 1.82) is 0 Å². The van der Waals surface area contributed by atoms with Gasteiger partial charge >= 0.3 is 0 Å². The van der Waals surface area contributed by atoms with Crippen LogP contribution < -0.4 is 16.2 Å². The highest BCUT2D eigenvalue weighted by atomic mass is 32.2. The zero-order valence-electron chi connectivity index (χ0n) is 23.9. The molecule has 0 saturated carbocycles. The summed E-state index contributed by atoms with van der Waals surface area (Å²) in [6.07, 6.45) is 2.93. The van der Waals surface area contributed by atoms with Crippen molar-refractivity contribution in [2.75, 3.05) is 26.2 Å². The number of rotatable bonds is 7. The number of aromatic amines is 1. The lowest BCUT2D eigenvalue weighted by Crippen LogP contribution is -2.47. The van der Waals surface area contributed by atoms with E-state index in [9.17, 15) is 18.0 Å². The van der Waals surface area contributed by atoms with Crippen molar-refractivity contribution >= 4 is 26.8 Å². The molecule has 0 radical (unpaired) electrons. The van der Waals surface area contributed by atoms with Gasteiger partial charge < -0.3 is 20.2 Å². The van der Waals surface area contributed by atoms with E-state index < -0.39 is 10.0 Å². The van der Waals surface area contributed by atoms with Gasteiger partial charge in [-0.2, -0.15) is 0 Å². The Bertz CT molecular complexity index is 1560. The fourth-order valence-corrected chi connectivity index (χ4v) is 8.66. The first-order valence-electron chi connectivity index (χ1n) is 14.4. The van der Waals surface area contributed by atoms with Crippen LogP contribution in [0, 0.1) is 26.7 Å². The summed E-state index contributed by atoms with van der Waals surface area (Å²) in [7, 11) is -3.28. The molecule has 1 unspecified atom stereocenters. The fraction of sp³-hybridized carbons (Fsp3) is 0.533. The number of nitrogens with one attached hydrogen (secondary N) is 3. The van der Waals surface area contributed by atoms with Gasteiger partial charge in [0.15, 0.2) is 0 Å². The van der Waals surface area contributed by atoms with E-state index in [0.29, 0.717) is 43.0 Å². The van der Waals surface area contributed by atoms with Gasteiger partial charge in [-0.05, 0) is 90.1 Å². The Morgan fingerprint density at radius 1 is 1.07 bits per heavy atom. The fourth-order valence-electron chi connectivity index (χ4n) is 6.69. The number of aryl methyl sites for hydroxylation is 2. The van der Waals surface area contributed by atoms with Gasteiger partial charge in [-0.25, -0.2) is 12.7 Å². The SMILES string of the molecule is Cc1cc(C)c(CNC(=O)c2c(C)n(C(C)C3CCN(S(=O)(=O)C4CCNCC4)CC3)c3ccccc23)c(=O)[nH]1. The Hall–Kier alpha value is -2.95. The maximum atomic E-state index is 13.5. The van der Waals surface area contributed by atoms with Crippen LogP contribution in [0.25, 0.3) is 10.9 Å². The summed E-state index contributed by atoms with van der Waals surface area (Å²) < 4.78 is 30.4. The number of para-hydroxylation sites is 1. The van der Waals surface area contributed by atoms with Gasteiger partial charge in [0, 0.05) is 53.5 Å². The average Bonchev–Trinajstić information content (AvgIpc) is 3.24. The van der Waals surface area contributed by atoms with Crippen molar-refractivity contribution < 1.29 is 13.2 Å². The van der Waals surface area contributed by atoms with E-state index in [1.54, 1.807) is 4.31 Å². The molecule has 1 amide bonds. The summed E-state index contributed by atoms with van der Waals surface area (Å²) in [5, 5.41) is 6.84.